The largest absolute Gasteiger partial charge is 0.383 e. The van der Waals surface area contributed by atoms with Crippen LogP contribution in [0.3, 0.4) is 0 Å². The molecule has 148 valence electrons. The van der Waals surface area contributed by atoms with Gasteiger partial charge in [-0.3, -0.25) is 4.79 Å². The molecule has 1 heterocycles. The molecule has 7 nitrogen and oxygen atoms in total. The van der Waals surface area contributed by atoms with Crippen LogP contribution in [0.4, 0.5) is 0 Å². The second-order valence-electron chi connectivity index (χ2n) is 6.49. The summed E-state index contributed by atoms with van der Waals surface area (Å²) in [5.41, 5.74) is 0. The maximum Gasteiger partial charge on any atom is 0.243 e. The topological polar surface area (TPSA) is 69.2 Å². The Morgan fingerprint density at radius 1 is 1.32 bits per heavy atom. The second kappa shape index (κ2) is 14.5. The Morgan fingerprint density at radius 2 is 2.00 bits per heavy atom. The average Bonchev–Trinajstić information content (AvgIpc) is 2.58. The molecule has 0 unspecified atom stereocenters. The van der Waals surface area contributed by atoms with Crippen molar-refractivity contribution in [1.29, 1.82) is 0 Å². The third-order valence-corrected chi connectivity index (χ3v) is 4.23. The Bertz CT molecular complexity index is 385. The van der Waals surface area contributed by atoms with Gasteiger partial charge in [-0.05, 0) is 19.3 Å². The van der Waals surface area contributed by atoms with Crippen molar-refractivity contribution in [3.8, 4) is 0 Å². The first-order valence-electron chi connectivity index (χ1n) is 9.03. The number of likely N-dealkylation sites (tertiary alicyclic amines) is 1. The van der Waals surface area contributed by atoms with Gasteiger partial charge in [-0.2, -0.15) is 0 Å². The molecule has 1 rings (SSSR count). The predicted molar refractivity (Wildman–Crippen MR) is 114 cm³/mol. The third-order valence-electron chi connectivity index (χ3n) is 4.23. The Hall–Kier alpha value is -0.610. The van der Waals surface area contributed by atoms with Crippen LogP contribution in [0, 0.1) is 0 Å². The van der Waals surface area contributed by atoms with E-state index in [9.17, 15) is 4.79 Å². The van der Waals surface area contributed by atoms with E-state index in [1.807, 2.05) is 0 Å². The van der Waals surface area contributed by atoms with E-state index in [4.69, 9.17) is 4.74 Å². The molecule has 0 aromatic heterocycles. The molecule has 0 bridgehead atoms. The van der Waals surface area contributed by atoms with E-state index in [-0.39, 0.29) is 36.4 Å². The number of guanidine groups is 1. The standard InChI is InChI=1S/C17H35N5O2.HI/c1-5-6-9-18-17(19-14-16(23)21(2)3)20-15-7-10-22(11-8-15)12-13-24-4;/h15H,5-14H2,1-4H3,(H2,18,19,20);1H. The van der Waals surface area contributed by atoms with Crippen molar-refractivity contribution in [3.05, 3.63) is 0 Å². The predicted octanol–water partition coefficient (Wildman–Crippen LogP) is 1.14. The van der Waals surface area contributed by atoms with Gasteiger partial charge in [0.25, 0.3) is 0 Å². The van der Waals surface area contributed by atoms with Gasteiger partial charge in [-0.15, -0.1) is 24.0 Å². The Morgan fingerprint density at radius 3 is 2.56 bits per heavy atom. The van der Waals surface area contributed by atoms with Crippen molar-refractivity contribution in [3.63, 3.8) is 0 Å². The van der Waals surface area contributed by atoms with Crippen molar-refractivity contribution in [2.45, 2.75) is 38.6 Å². The van der Waals surface area contributed by atoms with E-state index in [1.54, 1.807) is 26.1 Å². The lowest BCUT2D eigenvalue weighted by Crippen LogP contribution is -2.49. The van der Waals surface area contributed by atoms with E-state index in [0.29, 0.717) is 6.04 Å². The molecule has 0 radical (unpaired) electrons. The maximum atomic E-state index is 11.8. The molecule has 0 aromatic rings. The molecule has 25 heavy (non-hydrogen) atoms. The van der Waals surface area contributed by atoms with Crippen LogP contribution in [0.25, 0.3) is 0 Å². The summed E-state index contributed by atoms with van der Waals surface area (Å²) < 4.78 is 5.14. The molecule has 8 heteroatoms. The number of hydrogen-bond acceptors (Lipinski definition) is 4. The zero-order valence-electron chi connectivity index (χ0n) is 16.2. The molecule has 0 spiro atoms. The molecular formula is C17H36IN5O2. The number of rotatable bonds is 9. The van der Waals surface area contributed by atoms with Crippen LogP contribution in [0.1, 0.15) is 32.6 Å². The molecule has 1 amide bonds. The zero-order valence-corrected chi connectivity index (χ0v) is 18.5. The lowest BCUT2D eigenvalue weighted by molar-refractivity contribution is -0.127. The highest BCUT2D eigenvalue weighted by molar-refractivity contribution is 14.0. The van der Waals surface area contributed by atoms with Crippen LogP contribution >= 0.6 is 24.0 Å². The maximum absolute atomic E-state index is 11.8. The minimum Gasteiger partial charge on any atom is -0.383 e. The minimum absolute atomic E-state index is 0. The highest BCUT2D eigenvalue weighted by atomic mass is 127. The Kier molecular flexibility index (Phi) is 14.2. The van der Waals surface area contributed by atoms with Gasteiger partial charge in [0, 0.05) is 53.4 Å². The molecule has 0 saturated carbocycles. The summed E-state index contributed by atoms with van der Waals surface area (Å²) in [5, 5.41) is 6.84. The first-order valence-corrected chi connectivity index (χ1v) is 9.03. The quantitative estimate of drug-likeness (QED) is 0.230. The van der Waals surface area contributed by atoms with Crippen LogP contribution in [0.2, 0.25) is 0 Å². The van der Waals surface area contributed by atoms with Crippen LogP contribution < -0.4 is 10.6 Å². The lowest BCUT2D eigenvalue weighted by atomic mass is 10.1. The molecule has 0 aromatic carbocycles. The first kappa shape index (κ1) is 24.4. The third kappa shape index (κ3) is 10.9. The monoisotopic (exact) mass is 469 g/mol. The number of amides is 1. The van der Waals surface area contributed by atoms with Crippen molar-refractivity contribution in [1.82, 2.24) is 20.4 Å². The fourth-order valence-electron chi connectivity index (χ4n) is 2.54. The summed E-state index contributed by atoms with van der Waals surface area (Å²) in [6.07, 6.45) is 4.40. The summed E-state index contributed by atoms with van der Waals surface area (Å²) in [6, 6.07) is 0.408. The van der Waals surface area contributed by atoms with Gasteiger partial charge in [-0.1, -0.05) is 13.3 Å². The molecule has 1 aliphatic heterocycles. The van der Waals surface area contributed by atoms with Gasteiger partial charge in [0.05, 0.1) is 6.61 Å². The highest BCUT2D eigenvalue weighted by Gasteiger charge is 2.19. The van der Waals surface area contributed by atoms with Crippen molar-refractivity contribution < 1.29 is 9.53 Å². The van der Waals surface area contributed by atoms with Crippen molar-refractivity contribution in [2.75, 3.05) is 60.5 Å². The molecule has 1 aliphatic rings. The van der Waals surface area contributed by atoms with E-state index in [1.165, 1.54) is 0 Å². The van der Waals surface area contributed by atoms with Crippen molar-refractivity contribution in [2.24, 2.45) is 4.99 Å². The van der Waals surface area contributed by atoms with Crippen molar-refractivity contribution >= 4 is 35.8 Å². The number of nitrogens with zero attached hydrogens (tertiary/aromatic N) is 3. The Balaban J connectivity index is 0.00000576. The molecule has 1 saturated heterocycles. The highest BCUT2D eigenvalue weighted by Crippen LogP contribution is 2.09. The smallest absolute Gasteiger partial charge is 0.243 e. The first-order chi connectivity index (χ1) is 11.6. The average molecular weight is 469 g/mol. The van der Waals surface area contributed by atoms with Gasteiger partial charge >= 0.3 is 0 Å². The van der Waals surface area contributed by atoms with Gasteiger partial charge in [-0.25, -0.2) is 4.99 Å². The van der Waals surface area contributed by atoms with Gasteiger partial charge in [0.2, 0.25) is 5.91 Å². The minimum atomic E-state index is 0. The summed E-state index contributed by atoms with van der Waals surface area (Å²) in [4.78, 5) is 20.2. The van der Waals surface area contributed by atoms with E-state index in [2.05, 4.69) is 27.4 Å². The Labute approximate surface area is 170 Å². The van der Waals surface area contributed by atoms with Crippen LogP contribution in [-0.2, 0) is 9.53 Å². The van der Waals surface area contributed by atoms with Gasteiger partial charge < -0.3 is 25.2 Å². The number of halogens is 1. The summed E-state index contributed by atoms with van der Waals surface area (Å²) in [5.74, 6) is 0.773. The van der Waals surface area contributed by atoms with E-state index < -0.39 is 0 Å². The summed E-state index contributed by atoms with van der Waals surface area (Å²) in [7, 11) is 5.25. The number of likely N-dealkylation sites (N-methyl/N-ethyl adjacent to an activating group) is 1. The number of carbonyl (C=O) groups is 1. The normalized spacial score (nSPS) is 16.2. The molecule has 2 N–H and O–H groups in total. The van der Waals surface area contributed by atoms with E-state index >= 15 is 0 Å². The van der Waals surface area contributed by atoms with Crippen LogP contribution in [-0.4, -0.2) is 88.2 Å². The van der Waals surface area contributed by atoms with E-state index in [0.717, 1.165) is 64.4 Å². The fraction of sp³-hybridized carbons (Fsp3) is 0.882. The summed E-state index contributed by atoms with van der Waals surface area (Å²) >= 11 is 0. The lowest BCUT2D eigenvalue weighted by Gasteiger charge is -2.33. The SMILES string of the molecule is CCCCNC(=NCC(=O)N(C)C)NC1CCN(CCOC)CC1.I. The van der Waals surface area contributed by atoms with Crippen LogP contribution in [0.15, 0.2) is 4.99 Å². The number of piperidine rings is 1. The molecule has 0 atom stereocenters. The number of nitrogens with one attached hydrogen (secondary N) is 2. The molecular weight excluding hydrogens is 433 g/mol. The number of ether oxygens (including phenoxy) is 1. The second-order valence-corrected chi connectivity index (χ2v) is 6.49. The van der Waals surface area contributed by atoms with Gasteiger partial charge in [0.15, 0.2) is 5.96 Å². The number of carbonyl (C=O) groups excluding carboxylic acids is 1. The number of hydrogen-bond donors (Lipinski definition) is 2. The van der Waals surface area contributed by atoms with Crippen LogP contribution in [0.5, 0.6) is 0 Å². The number of methoxy groups -OCH3 is 1. The van der Waals surface area contributed by atoms with Gasteiger partial charge in [0.1, 0.15) is 6.54 Å². The molecule has 1 fully saturated rings. The summed E-state index contributed by atoms with van der Waals surface area (Å²) in [6.45, 7) is 7.15. The number of aliphatic imine (C=N–C) groups is 1. The fourth-order valence-corrected chi connectivity index (χ4v) is 2.54. The molecule has 0 aliphatic carbocycles. The number of unbranched alkanes of at least 4 members (excludes halogenated alkanes) is 1. The zero-order chi connectivity index (χ0) is 17.8.